The van der Waals surface area contributed by atoms with Gasteiger partial charge in [0.2, 0.25) is 0 Å². The molecule has 2 saturated heterocycles. The van der Waals surface area contributed by atoms with E-state index < -0.39 is 11.7 Å². The van der Waals surface area contributed by atoms with E-state index in [0.717, 1.165) is 49.4 Å². The van der Waals surface area contributed by atoms with Gasteiger partial charge in [-0.25, -0.2) is 0 Å². The molecule has 2 aliphatic heterocycles. The summed E-state index contributed by atoms with van der Waals surface area (Å²) in [5, 5.41) is 0. The fraction of sp³-hybridized carbons (Fsp3) is 0.455. The summed E-state index contributed by atoms with van der Waals surface area (Å²) in [6, 6.07) is 14.3. The van der Waals surface area contributed by atoms with Crippen molar-refractivity contribution in [3.05, 3.63) is 69.7 Å². The van der Waals surface area contributed by atoms with Crippen LogP contribution in [0.2, 0.25) is 0 Å². The van der Waals surface area contributed by atoms with E-state index in [2.05, 4.69) is 55.9 Å². The molecular formula is C22H25BrF3N3. The van der Waals surface area contributed by atoms with E-state index in [9.17, 15) is 13.2 Å². The number of nitrogens with one attached hydrogen (secondary N) is 2. The van der Waals surface area contributed by atoms with Gasteiger partial charge in [0.15, 0.2) is 0 Å². The van der Waals surface area contributed by atoms with Crippen molar-refractivity contribution in [1.82, 2.24) is 15.8 Å². The molecule has 2 aliphatic rings. The summed E-state index contributed by atoms with van der Waals surface area (Å²) >= 11 is 3.47. The number of alkyl halides is 3. The Morgan fingerprint density at radius 3 is 2.41 bits per heavy atom. The summed E-state index contributed by atoms with van der Waals surface area (Å²) in [4.78, 5) is 2.48. The van der Waals surface area contributed by atoms with Gasteiger partial charge in [0.05, 0.1) is 5.56 Å². The molecule has 2 fully saturated rings. The van der Waals surface area contributed by atoms with E-state index in [0.29, 0.717) is 17.5 Å². The van der Waals surface area contributed by atoms with Gasteiger partial charge >= 0.3 is 6.18 Å². The summed E-state index contributed by atoms with van der Waals surface area (Å²) in [6.07, 6.45) is -1.28. The number of benzene rings is 2. The van der Waals surface area contributed by atoms with Crippen LogP contribution in [-0.4, -0.2) is 24.0 Å². The minimum absolute atomic E-state index is 0.0805. The molecule has 0 bridgehead atoms. The molecule has 2 unspecified atom stereocenters. The third-order valence-corrected chi connectivity index (χ3v) is 6.60. The molecule has 2 atom stereocenters. The smallest absolute Gasteiger partial charge is 0.299 e. The molecular weight excluding hydrogens is 443 g/mol. The van der Waals surface area contributed by atoms with Crippen LogP contribution < -0.4 is 10.9 Å². The van der Waals surface area contributed by atoms with Crippen LogP contribution >= 0.6 is 15.9 Å². The van der Waals surface area contributed by atoms with Crippen LogP contribution in [0.4, 0.5) is 13.2 Å². The predicted octanol–water partition coefficient (Wildman–Crippen LogP) is 5.29. The molecule has 29 heavy (non-hydrogen) atoms. The van der Waals surface area contributed by atoms with E-state index in [1.165, 1.54) is 17.7 Å². The first-order chi connectivity index (χ1) is 13.9. The maximum atomic E-state index is 13.0. The lowest BCUT2D eigenvalue weighted by atomic mass is 9.86. The molecule has 2 N–H and O–H groups in total. The van der Waals surface area contributed by atoms with Crippen LogP contribution in [-0.2, 0) is 12.7 Å². The Morgan fingerprint density at radius 1 is 1.00 bits per heavy atom. The Bertz CT molecular complexity index is 817. The third kappa shape index (κ3) is 5.20. The van der Waals surface area contributed by atoms with E-state index in [1.807, 2.05) is 0 Å². The second-order valence-corrected chi connectivity index (χ2v) is 8.96. The highest BCUT2D eigenvalue weighted by molar-refractivity contribution is 9.10. The van der Waals surface area contributed by atoms with Gasteiger partial charge in [-0.1, -0.05) is 40.2 Å². The minimum Gasteiger partial charge on any atom is -0.299 e. The van der Waals surface area contributed by atoms with Crippen molar-refractivity contribution in [2.75, 3.05) is 13.1 Å². The lowest BCUT2D eigenvalue weighted by Gasteiger charge is -2.34. The highest BCUT2D eigenvalue weighted by Gasteiger charge is 2.35. The van der Waals surface area contributed by atoms with Gasteiger partial charge in [-0.15, -0.1) is 0 Å². The molecule has 0 aromatic heterocycles. The van der Waals surface area contributed by atoms with Crippen molar-refractivity contribution >= 4 is 15.9 Å². The monoisotopic (exact) mass is 467 g/mol. The van der Waals surface area contributed by atoms with E-state index in [-0.39, 0.29) is 6.04 Å². The maximum absolute atomic E-state index is 13.0. The first kappa shape index (κ1) is 20.8. The van der Waals surface area contributed by atoms with Crippen LogP contribution in [0.3, 0.4) is 0 Å². The topological polar surface area (TPSA) is 27.3 Å². The van der Waals surface area contributed by atoms with Gasteiger partial charge < -0.3 is 0 Å². The van der Waals surface area contributed by atoms with Crippen LogP contribution in [0.5, 0.6) is 0 Å². The lowest BCUT2D eigenvalue weighted by Crippen LogP contribution is -2.42. The molecule has 2 aromatic carbocycles. The zero-order chi connectivity index (χ0) is 20.4. The SMILES string of the molecule is FC(F)(F)c1cccc(C2CC(C3CCN(Cc4ccc(Br)cc4)CC3)NN2)c1. The quantitative estimate of drug-likeness (QED) is 0.639. The van der Waals surface area contributed by atoms with Crippen LogP contribution in [0.1, 0.15) is 42.0 Å². The molecule has 2 aromatic rings. The standard InChI is InChI=1S/C22H25BrF3N3/c23-19-6-4-15(5-7-19)14-29-10-8-16(9-11-29)20-13-21(28-27-20)17-2-1-3-18(12-17)22(24,25)26/h1-7,12,16,20-21,27-28H,8-11,13-14H2. The summed E-state index contributed by atoms with van der Waals surface area (Å²) in [5.74, 6) is 0.541. The predicted molar refractivity (Wildman–Crippen MR) is 111 cm³/mol. The Morgan fingerprint density at radius 2 is 1.72 bits per heavy atom. The lowest BCUT2D eigenvalue weighted by molar-refractivity contribution is -0.137. The van der Waals surface area contributed by atoms with Gasteiger partial charge in [-0.2, -0.15) is 13.2 Å². The van der Waals surface area contributed by atoms with Gasteiger partial charge in [0.25, 0.3) is 0 Å². The molecule has 0 aliphatic carbocycles. The summed E-state index contributed by atoms with van der Waals surface area (Å²) in [6.45, 7) is 3.06. The van der Waals surface area contributed by atoms with Crippen molar-refractivity contribution in [2.24, 2.45) is 5.92 Å². The normalized spacial score (nSPS) is 24.1. The molecule has 0 amide bonds. The molecule has 156 valence electrons. The van der Waals surface area contributed by atoms with Gasteiger partial charge in [-0.3, -0.25) is 15.8 Å². The third-order valence-electron chi connectivity index (χ3n) is 6.07. The van der Waals surface area contributed by atoms with Crippen LogP contribution in [0.15, 0.2) is 53.0 Å². The number of nitrogens with zero attached hydrogens (tertiary/aromatic N) is 1. The molecule has 7 heteroatoms. The number of halogens is 4. The Kier molecular flexibility index (Phi) is 6.30. The van der Waals surface area contributed by atoms with Crippen molar-refractivity contribution in [1.29, 1.82) is 0 Å². The van der Waals surface area contributed by atoms with E-state index in [1.54, 1.807) is 6.07 Å². The Labute approximate surface area is 177 Å². The Balaban J connectivity index is 1.30. The van der Waals surface area contributed by atoms with E-state index >= 15 is 0 Å². The molecule has 4 rings (SSSR count). The fourth-order valence-electron chi connectivity index (χ4n) is 4.40. The maximum Gasteiger partial charge on any atom is 0.416 e. The average Bonchev–Trinajstić information content (AvgIpc) is 3.20. The summed E-state index contributed by atoms with van der Waals surface area (Å²) in [5.41, 5.74) is 8.00. The number of rotatable bonds is 4. The van der Waals surface area contributed by atoms with Gasteiger partial charge in [-0.05, 0) is 73.7 Å². The van der Waals surface area contributed by atoms with Crippen molar-refractivity contribution in [3.8, 4) is 0 Å². The number of hydrazine groups is 1. The molecule has 0 spiro atoms. The van der Waals surface area contributed by atoms with Gasteiger partial charge in [0.1, 0.15) is 0 Å². The average molecular weight is 468 g/mol. The summed E-state index contributed by atoms with van der Waals surface area (Å²) in [7, 11) is 0. The highest BCUT2D eigenvalue weighted by Crippen LogP contribution is 2.34. The zero-order valence-corrected chi connectivity index (χ0v) is 17.6. The largest absolute Gasteiger partial charge is 0.416 e. The second-order valence-electron chi connectivity index (χ2n) is 8.05. The molecule has 0 saturated carbocycles. The second kappa shape index (κ2) is 8.76. The Hall–Kier alpha value is -1.41. The molecule has 2 heterocycles. The number of piperidine rings is 1. The summed E-state index contributed by atoms with van der Waals surface area (Å²) < 4.78 is 40.1. The van der Waals surface area contributed by atoms with Gasteiger partial charge in [0, 0.05) is 23.1 Å². The van der Waals surface area contributed by atoms with Crippen molar-refractivity contribution in [3.63, 3.8) is 0 Å². The highest BCUT2D eigenvalue weighted by atomic mass is 79.9. The molecule has 3 nitrogen and oxygen atoms in total. The van der Waals surface area contributed by atoms with Crippen molar-refractivity contribution < 1.29 is 13.2 Å². The number of hydrogen-bond donors (Lipinski definition) is 2. The molecule has 0 radical (unpaired) electrons. The first-order valence-corrected chi connectivity index (χ1v) is 10.8. The number of likely N-dealkylation sites (tertiary alicyclic amines) is 1. The first-order valence-electron chi connectivity index (χ1n) is 10.0. The zero-order valence-electron chi connectivity index (χ0n) is 16.1. The number of hydrogen-bond acceptors (Lipinski definition) is 3. The minimum atomic E-state index is -4.30. The fourth-order valence-corrected chi connectivity index (χ4v) is 4.67. The van der Waals surface area contributed by atoms with E-state index in [4.69, 9.17) is 0 Å². The van der Waals surface area contributed by atoms with Crippen LogP contribution in [0, 0.1) is 5.92 Å². The van der Waals surface area contributed by atoms with Crippen LogP contribution in [0.25, 0.3) is 0 Å². The van der Waals surface area contributed by atoms with Crippen molar-refractivity contribution in [2.45, 2.75) is 44.1 Å².